The Balaban J connectivity index is 1.70. The molecular formula is C19H15Cl3N4O2S. The van der Waals surface area contributed by atoms with Gasteiger partial charge in [-0.15, -0.1) is 5.10 Å². The Bertz CT molecular complexity index is 1010. The van der Waals surface area contributed by atoms with Gasteiger partial charge in [-0.05, 0) is 42.8 Å². The van der Waals surface area contributed by atoms with Crippen LogP contribution >= 0.6 is 46.6 Å². The maximum atomic E-state index is 12.6. The van der Waals surface area contributed by atoms with E-state index in [2.05, 4.69) is 20.8 Å². The topological polar surface area (TPSA) is 82.9 Å². The van der Waals surface area contributed by atoms with Crippen LogP contribution in [-0.4, -0.2) is 27.9 Å². The second-order valence-corrected chi connectivity index (χ2v) is 8.52. The van der Waals surface area contributed by atoms with E-state index in [0.717, 1.165) is 17.3 Å². The fourth-order valence-electron chi connectivity index (χ4n) is 2.41. The standard InChI is InChI=1S/C19H15Cl3N4O2S/c1-10(11-2-4-12(20)5-3-11)25-26-19-24-17(27)9-16(29-19)18(28)23-13-6-7-14(21)15(22)8-13/h2-8,16H,9H2,1H3,(H,23,28)(H,24,26,27). The third-order valence-electron chi connectivity index (χ3n) is 3.90. The van der Waals surface area contributed by atoms with Crippen molar-refractivity contribution in [2.24, 2.45) is 10.2 Å². The van der Waals surface area contributed by atoms with Crippen LogP contribution in [0.2, 0.25) is 15.1 Å². The molecule has 2 aromatic rings. The van der Waals surface area contributed by atoms with Crippen molar-refractivity contribution in [3.8, 4) is 0 Å². The lowest BCUT2D eigenvalue weighted by Crippen LogP contribution is -2.41. The van der Waals surface area contributed by atoms with E-state index in [9.17, 15) is 9.59 Å². The van der Waals surface area contributed by atoms with Crippen LogP contribution in [-0.2, 0) is 9.59 Å². The molecule has 10 heteroatoms. The molecular weight excluding hydrogens is 455 g/mol. The summed E-state index contributed by atoms with van der Waals surface area (Å²) in [4.78, 5) is 24.6. The highest BCUT2D eigenvalue weighted by molar-refractivity contribution is 8.15. The average molecular weight is 470 g/mol. The van der Waals surface area contributed by atoms with Gasteiger partial charge in [0.25, 0.3) is 0 Å². The molecule has 0 bridgehead atoms. The van der Waals surface area contributed by atoms with E-state index in [0.29, 0.717) is 26.5 Å². The highest BCUT2D eigenvalue weighted by Gasteiger charge is 2.30. The molecule has 1 unspecified atom stereocenters. The zero-order valence-electron chi connectivity index (χ0n) is 15.1. The quantitative estimate of drug-likeness (QED) is 0.489. The predicted octanol–water partition coefficient (Wildman–Crippen LogP) is 4.99. The number of halogens is 3. The normalized spacial score (nSPS) is 18.5. The molecule has 1 fully saturated rings. The van der Waals surface area contributed by atoms with E-state index >= 15 is 0 Å². The minimum atomic E-state index is -0.650. The van der Waals surface area contributed by atoms with E-state index in [-0.39, 0.29) is 23.4 Å². The fourth-order valence-corrected chi connectivity index (χ4v) is 3.76. The maximum absolute atomic E-state index is 12.6. The molecule has 1 aliphatic rings. The van der Waals surface area contributed by atoms with Crippen molar-refractivity contribution in [3.05, 3.63) is 63.1 Å². The zero-order chi connectivity index (χ0) is 21.0. The summed E-state index contributed by atoms with van der Waals surface area (Å²) in [6.07, 6.45) is 0.0245. The first kappa shape index (κ1) is 21.6. The lowest BCUT2D eigenvalue weighted by Gasteiger charge is -2.21. The van der Waals surface area contributed by atoms with Gasteiger partial charge in [-0.25, -0.2) is 0 Å². The first-order valence-corrected chi connectivity index (χ1v) is 10.4. The van der Waals surface area contributed by atoms with Crippen LogP contribution in [0.5, 0.6) is 0 Å². The van der Waals surface area contributed by atoms with Crippen LogP contribution in [0.4, 0.5) is 5.69 Å². The van der Waals surface area contributed by atoms with Gasteiger partial charge in [0.15, 0.2) is 5.17 Å². The van der Waals surface area contributed by atoms with Gasteiger partial charge < -0.3 is 10.6 Å². The maximum Gasteiger partial charge on any atom is 0.238 e. The molecule has 0 saturated carbocycles. The third-order valence-corrected chi connectivity index (χ3v) is 5.97. The van der Waals surface area contributed by atoms with Crippen LogP contribution in [0.25, 0.3) is 0 Å². The number of carbonyl (C=O) groups is 2. The Morgan fingerprint density at radius 1 is 1.14 bits per heavy atom. The highest BCUT2D eigenvalue weighted by Crippen LogP contribution is 2.27. The molecule has 150 valence electrons. The Morgan fingerprint density at radius 2 is 1.86 bits per heavy atom. The van der Waals surface area contributed by atoms with Gasteiger partial charge in [-0.1, -0.05) is 58.7 Å². The molecule has 0 spiro atoms. The van der Waals surface area contributed by atoms with Crippen LogP contribution in [0.1, 0.15) is 18.9 Å². The summed E-state index contributed by atoms with van der Waals surface area (Å²) in [7, 11) is 0. The van der Waals surface area contributed by atoms with Gasteiger partial charge in [-0.2, -0.15) is 5.10 Å². The van der Waals surface area contributed by atoms with Gasteiger partial charge in [0, 0.05) is 17.1 Å². The van der Waals surface area contributed by atoms with E-state index < -0.39 is 5.25 Å². The summed E-state index contributed by atoms with van der Waals surface area (Å²) in [5.41, 5.74) is 1.98. The third kappa shape index (κ3) is 5.96. The SMILES string of the molecule is CC(=NN=C1NC(=O)CC(C(=O)Nc2ccc(Cl)c(Cl)c2)S1)c1ccc(Cl)cc1. The fraction of sp³-hybridized carbons (Fsp3) is 0.158. The predicted molar refractivity (Wildman–Crippen MR) is 120 cm³/mol. The van der Waals surface area contributed by atoms with Gasteiger partial charge >= 0.3 is 0 Å². The number of nitrogens with zero attached hydrogens (tertiary/aromatic N) is 2. The molecule has 29 heavy (non-hydrogen) atoms. The molecule has 2 amide bonds. The molecule has 6 nitrogen and oxygen atoms in total. The molecule has 1 heterocycles. The van der Waals surface area contributed by atoms with E-state index in [1.807, 2.05) is 12.1 Å². The average Bonchev–Trinajstić information content (AvgIpc) is 2.69. The van der Waals surface area contributed by atoms with E-state index in [1.54, 1.807) is 37.3 Å². The smallest absolute Gasteiger partial charge is 0.238 e. The van der Waals surface area contributed by atoms with Crippen molar-refractivity contribution >= 4 is 74.9 Å². The number of hydrogen-bond acceptors (Lipinski definition) is 5. The number of anilines is 1. The van der Waals surface area contributed by atoms with E-state index in [4.69, 9.17) is 34.8 Å². The molecule has 0 radical (unpaired) electrons. The molecule has 2 aromatic carbocycles. The number of amides is 2. The van der Waals surface area contributed by atoms with Crippen LogP contribution in [0.3, 0.4) is 0 Å². The molecule has 3 rings (SSSR count). The first-order valence-electron chi connectivity index (χ1n) is 8.42. The van der Waals surface area contributed by atoms with Crippen molar-refractivity contribution in [3.63, 3.8) is 0 Å². The van der Waals surface area contributed by atoms with Crippen molar-refractivity contribution < 1.29 is 9.59 Å². The second-order valence-electron chi connectivity index (χ2n) is 6.07. The number of benzene rings is 2. The molecule has 1 aliphatic heterocycles. The Hall–Kier alpha value is -2.06. The second kappa shape index (κ2) is 9.63. The summed E-state index contributed by atoms with van der Waals surface area (Å²) in [6, 6.07) is 11.9. The number of carbonyl (C=O) groups excluding carboxylic acids is 2. The molecule has 0 aliphatic carbocycles. The first-order chi connectivity index (χ1) is 13.8. The Kier molecular flexibility index (Phi) is 7.18. The van der Waals surface area contributed by atoms with Crippen molar-refractivity contribution in [1.82, 2.24) is 5.32 Å². The molecule has 1 saturated heterocycles. The minimum absolute atomic E-state index is 0.0245. The van der Waals surface area contributed by atoms with Gasteiger partial charge in [0.2, 0.25) is 11.8 Å². The lowest BCUT2D eigenvalue weighted by atomic mass is 10.1. The monoisotopic (exact) mass is 468 g/mol. The minimum Gasteiger partial charge on any atom is -0.325 e. The molecule has 1 atom stereocenters. The summed E-state index contributed by atoms with van der Waals surface area (Å²) < 4.78 is 0. The van der Waals surface area contributed by atoms with Gasteiger partial charge in [0.1, 0.15) is 5.25 Å². The zero-order valence-corrected chi connectivity index (χ0v) is 18.2. The van der Waals surface area contributed by atoms with Crippen molar-refractivity contribution in [1.29, 1.82) is 0 Å². The Morgan fingerprint density at radius 3 is 2.55 bits per heavy atom. The number of amidine groups is 1. The number of thioether (sulfide) groups is 1. The summed E-state index contributed by atoms with van der Waals surface area (Å²) >= 11 is 18.9. The van der Waals surface area contributed by atoms with Crippen LogP contribution < -0.4 is 10.6 Å². The van der Waals surface area contributed by atoms with Crippen LogP contribution in [0.15, 0.2) is 52.7 Å². The summed E-state index contributed by atoms with van der Waals surface area (Å²) in [6.45, 7) is 1.79. The molecule has 2 N–H and O–H groups in total. The van der Waals surface area contributed by atoms with Crippen LogP contribution in [0, 0.1) is 0 Å². The number of nitrogens with one attached hydrogen (secondary N) is 2. The number of rotatable bonds is 4. The molecule has 0 aromatic heterocycles. The van der Waals surface area contributed by atoms with Crippen molar-refractivity contribution in [2.75, 3.05) is 5.32 Å². The van der Waals surface area contributed by atoms with Gasteiger partial charge in [0.05, 0.1) is 15.8 Å². The van der Waals surface area contributed by atoms with Gasteiger partial charge in [-0.3, -0.25) is 9.59 Å². The summed E-state index contributed by atoms with van der Waals surface area (Å²) in [5.74, 6) is -0.648. The number of hydrogen-bond donors (Lipinski definition) is 2. The Labute approximate surface area is 186 Å². The largest absolute Gasteiger partial charge is 0.325 e. The van der Waals surface area contributed by atoms with E-state index in [1.165, 1.54) is 0 Å². The van der Waals surface area contributed by atoms with Crippen molar-refractivity contribution in [2.45, 2.75) is 18.6 Å². The highest BCUT2D eigenvalue weighted by atomic mass is 35.5. The lowest BCUT2D eigenvalue weighted by molar-refractivity contribution is -0.123. The summed E-state index contributed by atoms with van der Waals surface area (Å²) in [5, 5.41) is 14.5.